The van der Waals surface area contributed by atoms with Crippen LogP contribution in [0.2, 0.25) is 0 Å². The highest BCUT2D eigenvalue weighted by atomic mass is 32.1. The van der Waals surface area contributed by atoms with Gasteiger partial charge in [-0.1, -0.05) is 24.3 Å². The molecule has 3 heteroatoms. The van der Waals surface area contributed by atoms with Gasteiger partial charge >= 0.3 is 5.97 Å². The molecule has 0 radical (unpaired) electrons. The first-order chi connectivity index (χ1) is 5.94. The van der Waals surface area contributed by atoms with Crippen LogP contribution in [0.3, 0.4) is 0 Å². The number of rotatable bonds is 4. The topological polar surface area (TPSA) is 26.3 Å². The Kier molecular flexibility index (Phi) is 4.85. The molecular formula is C10H16O2S. The van der Waals surface area contributed by atoms with E-state index in [2.05, 4.69) is 19.2 Å². The van der Waals surface area contributed by atoms with Crippen LogP contribution in [-0.2, 0) is 9.53 Å². The first-order valence-electron chi connectivity index (χ1n) is 4.15. The normalized spacial score (nSPS) is 16.2. The van der Waals surface area contributed by atoms with E-state index in [9.17, 15) is 4.79 Å². The van der Waals surface area contributed by atoms with Gasteiger partial charge in [0.15, 0.2) is 0 Å². The average molecular weight is 200 g/mol. The van der Waals surface area contributed by atoms with Crippen LogP contribution in [0.4, 0.5) is 0 Å². The number of carbonyl (C=O) groups is 1. The molecule has 13 heavy (non-hydrogen) atoms. The quantitative estimate of drug-likeness (QED) is 0.428. The molecule has 0 fully saturated rings. The Labute approximate surface area is 85.1 Å². The van der Waals surface area contributed by atoms with Crippen LogP contribution in [0.25, 0.3) is 0 Å². The first-order valence-corrected chi connectivity index (χ1v) is 4.60. The van der Waals surface area contributed by atoms with Crippen molar-refractivity contribution in [1.29, 1.82) is 0 Å². The zero-order valence-electron chi connectivity index (χ0n) is 8.33. The standard InChI is InChI=1S/C10H16O2S/c1-5-8(3)7-10(4,13)9(11)12-6-2/h5,7,13H,1,6H2,2-4H3/b8-7+/t10-/m1/s1. The van der Waals surface area contributed by atoms with E-state index in [0.717, 1.165) is 5.57 Å². The van der Waals surface area contributed by atoms with Crippen molar-refractivity contribution in [3.05, 3.63) is 24.3 Å². The molecule has 1 atom stereocenters. The molecule has 0 unspecified atom stereocenters. The Morgan fingerprint density at radius 1 is 1.69 bits per heavy atom. The Balaban J connectivity index is 4.55. The van der Waals surface area contributed by atoms with Gasteiger partial charge in [0.05, 0.1) is 6.61 Å². The molecule has 0 heterocycles. The molecule has 0 saturated heterocycles. The maximum atomic E-state index is 11.3. The second kappa shape index (κ2) is 5.12. The van der Waals surface area contributed by atoms with E-state index in [0.29, 0.717) is 6.61 Å². The van der Waals surface area contributed by atoms with Crippen molar-refractivity contribution in [1.82, 2.24) is 0 Å². The molecule has 0 spiro atoms. The number of hydrogen-bond acceptors (Lipinski definition) is 3. The summed E-state index contributed by atoms with van der Waals surface area (Å²) in [5.74, 6) is -0.334. The summed E-state index contributed by atoms with van der Waals surface area (Å²) in [5, 5.41) is 0. The van der Waals surface area contributed by atoms with Crippen LogP contribution < -0.4 is 0 Å². The van der Waals surface area contributed by atoms with Crippen LogP contribution in [0.15, 0.2) is 24.3 Å². The molecule has 0 aliphatic heterocycles. The summed E-state index contributed by atoms with van der Waals surface area (Å²) in [6.45, 7) is 9.29. The third-order valence-electron chi connectivity index (χ3n) is 1.52. The maximum absolute atomic E-state index is 11.3. The zero-order valence-corrected chi connectivity index (χ0v) is 9.23. The van der Waals surface area contributed by atoms with Crippen molar-refractivity contribution in [3.63, 3.8) is 0 Å². The van der Waals surface area contributed by atoms with Gasteiger partial charge in [0.25, 0.3) is 0 Å². The number of thiol groups is 1. The van der Waals surface area contributed by atoms with Crippen molar-refractivity contribution in [2.45, 2.75) is 25.5 Å². The molecule has 0 bridgehead atoms. The van der Waals surface area contributed by atoms with Crippen molar-refractivity contribution in [2.75, 3.05) is 6.61 Å². The monoisotopic (exact) mass is 200 g/mol. The molecular weight excluding hydrogens is 184 g/mol. The fraction of sp³-hybridized carbons (Fsp3) is 0.500. The fourth-order valence-corrected chi connectivity index (χ4v) is 1.11. The summed E-state index contributed by atoms with van der Waals surface area (Å²) < 4.78 is 3.99. The predicted molar refractivity (Wildman–Crippen MR) is 58.0 cm³/mol. The van der Waals surface area contributed by atoms with Gasteiger partial charge in [0, 0.05) is 0 Å². The smallest absolute Gasteiger partial charge is 0.325 e. The molecule has 74 valence electrons. The Hall–Kier alpha value is -0.700. The average Bonchev–Trinajstić information content (AvgIpc) is 2.04. The van der Waals surface area contributed by atoms with Crippen LogP contribution in [0.1, 0.15) is 20.8 Å². The van der Waals surface area contributed by atoms with E-state index in [1.807, 2.05) is 6.92 Å². The van der Waals surface area contributed by atoms with Gasteiger partial charge in [-0.2, -0.15) is 12.6 Å². The first kappa shape index (κ1) is 12.3. The lowest BCUT2D eigenvalue weighted by atomic mass is 10.1. The lowest BCUT2D eigenvalue weighted by Crippen LogP contribution is -2.29. The highest BCUT2D eigenvalue weighted by molar-refractivity contribution is 7.83. The lowest BCUT2D eigenvalue weighted by Gasteiger charge is -2.17. The molecule has 0 saturated carbocycles. The minimum Gasteiger partial charge on any atom is -0.465 e. The van der Waals surface area contributed by atoms with Gasteiger partial charge in [0.1, 0.15) is 4.75 Å². The van der Waals surface area contributed by atoms with E-state index in [4.69, 9.17) is 4.74 Å². The highest BCUT2D eigenvalue weighted by Crippen LogP contribution is 2.19. The summed E-state index contributed by atoms with van der Waals surface area (Å²) >= 11 is 4.21. The minimum atomic E-state index is -0.867. The maximum Gasteiger partial charge on any atom is 0.325 e. The van der Waals surface area contributed by atoms with Gasteiger partial charge in [-0.15, -0.1) is 0 Å². The number of esters is 1. The zero-order chi connectivity index (χ0) is 10.5. The third-order valence-corrected chi connectivity index (χ3v) is 1.83. The van der Waals surface area contributed by atoms with Crippen LogP contribution in [0.5, 0.6) is 0 Å². The van der Waals surface area contributed by atoms with Crippen LogP contribution in [0, 0.1) is 0 Å². The van der Waals surface area contributed by atoms with Gasteiger partial charge in [-0.25, -0.2) is 0 Å². The van der Waals surface area contributed by atoms with E-state index in [1.165, 1.54) is 0 Å². The van der Waals surface area contributed by atoms with Crippen molar-refractivity contribution in [3.8, 4) is 0 Å². The summed E-state index contributed by atoms with van der Waals surface area (Å²) in [7, 11) is 0. The summed E-state index contributed by atoms with van der Waals surface area (Å²) in [5.41, 5.74) is 0.908. The van der Waals surface area contributed by atoms with Crippen molar-refractivity contribution in [2.24, 2.45) is 0 Å². The Bertz CT molecular complexity index is 229. The molecule has 0 aromatic rings. The number of ether oxygens (including phenoxy) is 1. The highest BCUT2D eigenvalue weighted by Gasteiger charge is 2.27. The van der Waals surface area contributed by atoms with Crippen molar-refractivity contribution >= 4 is 18.6 Å². The van der Waals surface area contributed by atoms with E-state index in [-0.39, 0.29) is 5.97 Å². The molecule has 0 aromatic carbocycles. The van der Waals surface area contributed by atoms with Crippen molar-refractivity contribution < 1.29 is 9.53 Å². The molecule has 0 rings (SSSR count). The minimum absolute atomic E-state index is 0.334. The number of carbonyl (C=O) groups excluding carboxylic acids is 1. The SMILES string of the molecule is C=C/C(C)=C/[C@@](C)(S)C(=O)OCC. The predicted octanol–water partition coefficient (Wildman–Crippen LogP) is 2.37. The van der Waals surface area contributed by atoms with Gasteiger partial charge < -0.3 is 4.74 Å². The molecule has 0 aliphatic rings. The van der Waals surface area contributed by atoms with Gasteiger partial charge in [0.2, 0.25) is 0 Å². The molecule has 0 amide bonds. The van der Waals surface area contributed by atoms with Gasteiger partial charge in [-0.05, 0) is 20.8 Å². The largest absolute Gasteiger partial charge is 0.465 e. The molecule has 0 N–H and O–H groups in total. The van der Waals surface area contributed by atoms with Gasteiger partial charge in [-0.3, -0.25) is 4.79 Å². The Morgan fingerprint density at radius 3 is 2.62 bits per heavy atom. The summed E-state index contributed by atoms with van der Waals surface area (Å²) in [6.07, 6.45) is 3.40. The molecule has 2 nitrogen and oxygen atoms in total. The van der Waals surface area contributed by atoms with E-state index < -0.39 is 4.75 Å². The summed E-state index contributed by atoms with van der Waals surface area (Å²) in [4.78, 5) is 11.3. The second-order valence-electron chi connectivity index (χ2n) is 2.96. The number of hydrogen-bond donors (Lipinski definition) is 1. The summed E-state index contributed by atoms with van der Waals surface area (Å²) in [6, 6.07) is 0. The second-order valence-corrected chi connectivity index (χ2v) is 3.89. The molecule has 0 aliphatic carbocycles. The number of allylic oxidation sites excluding steroid dienone is 2. The molecule has 0 aromatic heterocycles. The Morgan fingerprint density at radius 2 is 2.23 bits per heavy atom. The van der Waals surface area contributed by atoms with E-state index >= 15 is 0 Å². The fourth-order valence-electron chi connectivity index (χ4n) is 0.838. The van der Waals surface area contributed by atoms with E-state index in [1.54, 1.807) is 26.0 Å². The third kappa shape index (κ3) is 4.18. The van der Waals surface area contributed by atoms with Crippen LogP contribution >= 0.6 is 12.6 Å². The van der Waals surface area contributed by atoms with Crippen LogP contribution in [-0.4, -0.2) is 17.3 Å². The lowest BCUT2D eigenvalue weighted by molar-refractivity contribution is -0.144.